The van der Waals surface area contributed by atoms with Gasteiger partial charge < -0.3 is 19.3 Å². The molecule has 7 nitrogen and oxygen atoms in total. The van der Waals surface area contributed by atoms with Gasteiger partial charge in [-0.15, -0.1) is 11.8 Å². The standard InChI is InChI=1S/C24H23N3O4S/c1-3-29-22-15-18(14-19(16-25)24(28)26-23-13-17(2)31-27-23)9-10-21(22)30-11-12-32-20-7-5-4-6-8-20/h4-10,13-15H,3,11-12H2,1-2H3,(H,26,27,28)/b19-14-. The summed E-state index contributed by atoms with van der Waals surface area (Å²) in [5, 5.41) is 15.7. The van der Waals surface area contributed by atoms with Crippen molar-refractivity contribution in [2.45, 2.75) is 18.7 Å². The Labute approximate surface area is 191 Å². The fourth-order valence-electron chi connectivity index (χ4n) is 2.75. The Bertz CT molecular complexity index is 1120. The van der Waals surface area contributed by atoms with Gasteiger partial charge in [0, 0.05) is 16.7 Å². The molecular formula is C24H23N3O4S. The van der Waals surface area contributed by atoms with Crippen LogP contribution in [0.25, 0.3) is 6.08 Å². The number of benzene rings is 2. The van der Waals surface area contributed by atoms with Crippen molar-refractivity contribution < 1.29 is 18.8 Å². The van der Waals surface area contributed by atoms with Gasteiger partial charge >= 0.3 is 0 Å². The largest absolute Gasteiger partial charge is 0.490 e. The monoisotopic (exact) mass is 449 g/mol. The molecule has 0 unspecified atom stereocenters. The van der Waals surface area contributed by atoms with E-state index in [2.05, 4.69) is 22.6 Å². The predicted molar refractivity (Wildman–Crippen MR) is 124 cm³/mol. The summed E-state index contributed by atoms with van der Waals surface area (Å²) in [6.07, 6.45) is 1.49. The number of ether oxygens (including phenoxy) is 2. The third kappa shape index (κ3) is 6.65. The number of aryl methyl sites for hydroxylation is 1. The summed E-state index contributed by atoms with van der Waals surface area (Å²) in [5.74, 6) is 2.19. The van der Waals surface area contributed by atoms with E-state index in [1.54, 1.807) is 43.0 Å². The molecule has 32 heavy (non-hydrogen) atoms. The lowest BCUT2D eigenvalue weighted by Crippen LogP contribution is -2.13. The normalized spacial score (nSPS) is 11.0. The molecule has 0 radical (unpaired) electrons. The number of carbonyl (C=O) groups excluding carboxylic acids is 1. The summed E-state index contributed by atoms with van der Waals surface area (Å²) < 4.78 is 16.5. The predicted octanol–water partition coefficient (Wildman–Crippen LogP) is 5.10. The van der Waals surface area contributed by atoms with E-state index >= 15 is 0 Å². The summed E-state index contributed by atoms with van der Waals surface area (Å²) in [6.45, 7) is 4.56. The zero-order valence-electron chi connectivity index (χ0n) is 17.8. The lowest BCUT2D eigenvalue weighted by Gasteiger charge is -2.13. The highest BCUT2D eigenvalue weighted by atomic mass is 32.2. The van der Waals surface area contributed by atoms with E-state index in [4.69, 9.17) is 14.0 Å². The van der Waals surface area contributed by atoms with Gasteiger partial charge in [-0.1, -0.05) is 29.4 Å². The number of thioether (sulfide) groups is 1. The molecule has 1 aromatic heterocycles. The van der Waals surface area contributed by atoms with E-state index in [0.717, 1.165) is 5.75 Å². The van der Waals surface area contributed by atoms with Gasteiger partial charge in [-0.3, -0.25) is 4.79 Å². The zero-order chi connectivity index (χ0) is 22.8. The average molecular weight is 450 g/mol. The minimum absolute atomic E-state index is 0.0685. The molecule has 1 N–H and O–H groups in total. The highest BCUT2D eigenvalue weighted by molar-refractivity contribution is 7.99. The first-order valence-corrected chi connectivity index (χ1v) is 11.0. The van der Waals surface area contributed by atoms with Crippen LogP contribution in [0.4, 0.5) is 5.82 Å². The van der Waals surface area contributed by atoms with Gasteiger partial charge in [-0.05, 0) is 49.8 Å². The molecule has 0 bridgehead atoms. The molecule has 3 aromatic rings. The highest BCUT2D eigenvalue weighted by Crippen LogP contribution is 2.30. The van der Waals surface area contributed by atoms with Gasteiger partial charge in [0.15, 0.2) is 17.3 Å². The number of aromatic nitrogens is 1. The summed E-state index contributed by atoms with van der Waals surface area (Å²) in [6, 6.07) is 18.9. The first-order valence-electron chi connectivity index (χ1n) is 10.0. The minimum Gasteiger partial charge on any atom is -0.490 e. The SMILES string of the molecule is CCOc1cc(/C=C(/C#N)C(=O)Nc2cc(C)on2)ccc1OCCSc1ccccc1. The van der Waals surface area contributed by atoms with Crippen molar-refractivity contribution in [3.8, 4) is 17.6 Å². The number of hydrogen-bond donors (Lipinski definition) is 1. The molecule has 0 saturated carbocycles. The average Bonchev–Trinajstić information content (AvgIpc) is 3.21. The number of hydrogen-bond acceptors (Lipinski definition) is 7. The first-order chi connectivity index (χ1) is 15.6. The fraction of sp³-hybridized carbons (Fsp3) is 0.208. The topological polar surface area (TPSA) is 97.4 Å². The van der Waals surface area contributed by atoms with Crippen molar-refractivity contribution in [3.63, 3.8) is 0 Å². The molecule has 0 spiro atoms. The highest BCUT2D eigenvalue weighted by Gasteiger charge is 2.13. The molecule has 0 atom stereocenters. The van der Waals surface area contributed by atoms with Gasteiger partial charge in [0.2, 0.25) is 0 Å². The van der Waals surface area contributed by atoms with Crippen molar-refractivity contribution >= 4 is 29.6 Å². The van der Waals surface area contributed by atoms with Gasteiger partial charge in [0.25, 0.3) is 5.91 Å². The van der Waals surface area contributed by atoms with E-state index in [0.29, 0.717) is 36.0 Å². The number of rotatable bonds is 10. The van der Waals surface area contributed by atoms with Crippen molar-refractivity contribution in [2.75, 3.05) is 24.3 Å². The van der Waals surface area contributed by atoms with Crippen molar-refractivity contribution in [1.82, 2.24) is 5.16 Å². The van der Waals surface area contributed by atoms with Crippen LogP contribution in [0.1, 0.15) is 18.2 Å². The van der Waals surface area contributed by atoms with Crippen LogP contribution in [0.5, 0.6) is 11.5 Å². The van der Waals surface area contributed by atoms with Crippen LogP contribution in [-0.2, 0) is 4.79 Å². The van der Waals surface area contributed by atoms with E-state index in [1.165, 1.54) is 11.0 Å². The minimum atomic E-state index is -0.572. The van der Waals surface area contributed by atoms with Crippen LogP contribution in [-0.4, -0.2) is 30.0 Å². The Kier molecular flexibility index (Phi) is 8.35. The Hall–Kier alpha value is -3.70. The molecular weight excluding hydrogens is 426 g/mol. The lowest BCUT2D eigenvalue weighted by molar-refractivity contribution is -0.112. The van der Waals surface area contributed by atoms with Crippen LogP contribution in [0.2, 0.25) is 0 Å². The van der Waals surface area contributed by atoms with Gasteiger partial charge in [-0.25, -0.2) is 0 Å². The lowest BCUT2D eigenvalue weighted by atomic mass is 10.1. The molecule has 3 rings (SSSR count). The van der Waals surface area contributed by atoms with Crippen molar-refractivity contribution in [1.29, 1.82) is 5.26 Å². The first kappa shape index (κ1) is 23.0. The van der Waals surface area contributed by atoms with Crippen LogP contribution in [0.3, 0.4) is 0 Å². The number of anilines is 1. The van der Waals surface area contributed by atoms with Crippen molar-refractivity contribution in [3.05, 3.63) is 71.5 Å². The third-order valence-corrected chi connectivity index (χ3v) is 5.14. The van der Waals surface area contributed by atoms with E-state index in [-0.39, 0.29) is 11.4 Å². The quantitative estimate of drug-likeness (QED) is 0.199. The maximum absolute atomic E-state index is 12.4. The molecule has 2 aromatic carbocycles. The van der Waals surface area contributed by atoms with Crippen LogP contribution < -0.4 is 14.8 Å². The van der Waals surface area contributed by atoms with Crippen LogP contribution in [0.15, 0.2) is 69.6 Å². The summed E-state index contributed by atoms with van der Waals surface area (Å²) in [4.78, 5) is 13.6. The summed E-state index contributed by atoms with van der Waals surface area (Å²) >= 11 is 1.71. The number of nitrogens with one attached hydrogen (secondary N) is 1. The smallest absolute Gasteiger partial charge is 0.267 e. The molecule has 8 heteroatoms. The van der Waals surface area contributed by atoms with Gasteiger partial charge in [0.05, 0.1) is 13.2 Å². The molecule has 164 valence electrons. The second-order valence-corrected chi connectivity index (χ2v) is 7.76. The maximum atomic E-state index is 12.4. The van der Waals surface area contributed by atoms with E-state index < -0.39 is 5.91 Å². The summed E-state index contributed by atoms with van der Waals surface area (Å²) in [7, 11) is 0. The Morgan fingerprint density at radius 3 is 2.69 bits per heavy atom. The molecule has 0 fully saturated rings. The van der Waals surface area contributed by atoms with E-state index in [1.807, 2.05) is 31.2 Å². The number of amides is 1. The molecule has 0 aliphatic carbocycles. The molecule has 0 aliphatic rings. The Morgan fingerprint density at radius 2 is 2.00 bits per heavy atom. The second kappa shape index (κ2) is 11.6. The number of nitriles is 1. The van der Waals surface area contributed by atoms with Crippen LogP contribution in [0, 0.1) is 18.3 Å². The van der Waals surface area contributed by atoms with Gasteiger partial charge in [-0.2, -0.15) is 5.26 Å². The number of carbonyl (C=O) groups is 1. The molecule has 0 aliphatic heterocycles. The second-order valence-electron chi connectivity index (χ2n) is 6.60. The zero-order valence-corrected chi connectivity index (χ0v) is 18.6. The Balaban J connectivity index is 1.66. The van der Waals surface area contributed by atoms with Crippen molar-refractivity contribution in [2.24, 2.45) is 0 Å². The Morgan fingerprint density at radius 1 is 1.19 bits per heavy atom. The molecule has 0 saturated heterocycles. The van der Waals surface area contributed by atoms with E-state index in [9.17, 15) is 10.1 Å². The maximum Gasteiger partial charge on any atom is 0.267 e. The summed E-state index contributed by atoms with van der Waals surface area (Å²) in [5.41, 5.74) is 0.573. The number of nitrogens with zero attached hydrogens (tertiary/aromatic N) is 2. The molecule has 1 amide bonds. The van der Waals surface area contributed by atoms with Crippen LogP contribution >= 0.6 is 11.8 Å². The fourth-order valence-corrected chi connectivity index (χ4v) is 3.51. The van der Waals surface area contributed by atoms with Gasteiger partial charge in [0.1, 0.15) is 17.4 Å². The molecule has 1 heterocycles. The third-order valence-electron chi connectivity index (χ3n) is 4.17.